The lowest BCUT2D eigenvalue weighted by molar-refractivity contribution is 0.608. The number of hydrogen-bond donors (Lipinski definition) is 0. The van der Waals surface area contributed by atoms with Crippen molar-refractivity contribution < 1.29 is 4.39 Å². The fourth-order valence-corrected chi connectivity index (χ4v) is 4.14. The first kappa shape index (κ1) is 16.3. The van der Waals surface area contributed by atoms with E-state index in [9.17, 15) is 4.39 Å². The SMILES string of the molecule is Cc1cc(-c2cc3cc(C4CCCC4)ccc3cn2)c(C)c(C)c1F. The Labute approximate surface area is 148 Å². The van der Waals surface area contributed by atoms with Crippen LogP contribution in [0.2, 0.25) is 0 Å². The fraction of sp³-hybridized carbons (Fsp3) is 0.348. The van der Waals surface area contributed by atoms with Crippen LogP contribution in [0.25, 0.3) is 22.0 Å². The third kappa shape index (κ3) is 2.84. The van der Waals surface area contributed by atoms with E-state index in [-0.39, 0.29) is 5.82 Å². The molecule has 0 amide bonds. The molecule has 1 aromatic heterocycles. The minimum atomic E-state index is -0.106. The summed E-state index contributed by atoms with van der Waals surface area (Å²) in [6.07, 6.45) is 7.24. The summed E-state index contributed by atoms with van der Waals surface area (Å²) in [5.41, 5.74) is 5.79. The number of hydrogen-bond acceptors (Lipinski definition) is 1. The summed E-state index contributed by atoms with van der Waals surface area (Å²) in [6.45, 7) is 5.65. The van der Waals surface area contributed by atoms with Crippen molar-refractivity contribution in [1.82, 2.24) is 4.98 Å². The minimum absolute atomic E-state index is 0.106. The molecule has 1 nitrogen and oxygen atoms in total. The van der Waals surface area contributed by atoms with Crippen LogP contribution in [0, 0.1) is 26.6 Å². The highest BCUT2D eigenvalue weighted by atomic mass is 19.1. The molecular weight excluding hydrogens is 309 g/mol. The monoisotopic (exact) mass is 333 g/mol. The van der Waals surface area contributed by atoms with Crippen molar-refractivity contribution in [3.63, 3.8) is 0 Å². The van der Waals surface area contributed by atoms with Gasteiger partial charge in [-0.15, -0.1) is 0 Å². The lowest BCUT2D eigenvalue weighted by Crippen LogP contribution is -1.97. The molecule has 2 heteroatoms. The lowest BCUT2D eigenvalue weighted by atomic mass is 9.93. The van der Waals surface area contributed by atoms with Crippen molar-refractivity contribution in [3.8, 4) is 11.3 Å². The van der Waals surface area contributed by atoms with Crippen molar-refractivity contribution in [2.45, 2.75) is 52.4 Å². The van der Waals surface area contributed by atoms with Gasteiger partial charge < -0.3 is 0 Å². The largest absolute Gasteiger partial charge is 0.256 e. The van der Waals surface area contributed by atoms with Crippen LogP contribution in [0.4, 0.5) is 4.39 Å². The number of aromatic nitrogens is 1. The van der Waals surface area contributed by atoms with E-state index >= 15 is 0 Å². The molecule has 0 N–H and O–H groups in total. The number of aryl methyl sites for hydroxylation is 1. The van der Waals surface area contributed by atoms with Gasteiger partial charge in [0, 0.05) is 17.1 Å². The number of nitrogens with zero attached hydrogens (tertiary/aromatic N) is 1. The Bertz CT molecular complexity index is 952. The standard InChI is InChI=1S/C23H24FN/c1-14-10-21(15(2)16(3)23(14)24)22-12-20-11-18(17-6-4-5-7-17)8-9-19(20)13-25-22/h8-13,17H,4-7H2,1-3H3. The minimum Gasteiger partial charge on any atom is -0.256 e. The average molecular weight is 333 g/mol. The normalized spacial score (nSPS) is 15.2. The maximum atomic E-state index is 14.1. The van der Waals surface area contributed by atoms with E-state index in [1.165, 1.54) is 42.0 Å². The van der Waals surface area contributed by atoms with Gasteiger partial charge in [0.05, 0.1) is 5.69 Å². The first-order chi connectivity index (χ1) is 12.0. The molecule has 0 bridgehead atoms. The lowest BCUT2D eigenvalue weighted by Gasteiger charge is -2.14. The van der Waals surface area contributed by atoms with Crippen LogP contribution >= 0.6 is 0 Å². The fourth-order valence-electron chi connectivity index (χ4n) is 4.14. The Morgan fingerprint density at radius 3 is 2.44 bits per heavy atom. The van der Waals surface area contributed by atoms with Crippen LogP contribution in [0.1, 0.15) is 53.9 Å². The predicted octanol–water partition coefficient (Wildman–Crippen LogP) is 6.62. The molecule has 0 atom stereocenters. The van der Waals surface area contributed by atoms with Crippen LogP contribution < -0.4 is 0 Å². The van der Waals surface area contributed by atoms with Crippen molar-refractivity contribution in [3.05, 3.63) is 64.6 Å². The smallest absolute Gasteiger partial charge is 0.129 e. The van der Waals surface area contributed by atoms with E-state index in [4.69, 9.17) is 0 Å². The van der Waals surface area contributed by atoms with E-state index in [0.717, 1.165) is 22.4 Å². The molecule has 1 saturated carbocycles. The topological polar surface area (TPSA) is 12.9 Å². The van der Waals surface area contributed by atoms with Gasteiger partial charge >= 0.3 is 0 Å². The first-order valence-electron chi connectivity index (χ1n) is 9.21. The Hall–Kier alpha value is -2.22. The molecule has 0 aliphatic heterocycles. The summed E-state index contributed by atoms with van der Waals surface area (Å²) in [5.74, 6) is 0.601. The van der Waals surface area contributed by atoms with E-state index in [1.54, 1.807) is 0 Å². The molecule has 0 unspecified atom stereocenters. The maximum absolute atomic E-state index is 14.1. The average Bonchev–Trinajstić information content (AvgIpc) is 3.17. The highest BCUT2D eigenvalue weighted by Crippen LogP contribution is 2.36. The Morgan fingerprint density at radius 1 is 0.920 bits per heavy atom. The zero-order chi connectivity index (χ0) is 17.6. The van der Waals surface area contributed by atoms with Crippen molar-refractivity contribution in [1.29, 1.82) is 0 Å². The summed E-state index contributed by atoms with van der Waals surface area (Å²) in [5, 5.41) is 2.40. The second-order valence-electron chi connectivity index (χ2n) is 7.46. The molecule has 1 aliphatic rings. The molecule has 25 heavy (non-hydrogen) atoms. The maximum Gasteiger partial charge on any atom is 0.129 e. The van der Waals surface area contributed by atoms with Crippen molar-refractivity contribution >= 4 is 10.8 Å². The van der Waals surface area contributed by atoms with Gasteiger partial charge in [-0.1, -0.05) is 31.0 Å². The second kappa shape index (κ2) is 6.25. The van der Waals surface area contributed by atoms with Crippen LogP contribution in [0.5, 0.6) is 0 Å². The Morgan fingerprint density at radius 2 is 1.68 bits per heavy atom. The molecule has 4 rings (SSSR count). The molecular formula is C23H24FN. The van der Waals surface area contributed by atoms with Gasteiger partial charge in [0.1, 0.15) is 5.82 Å². The Kier molecular flexibility index (Phi) is 4.07. The third-order valence-corrected chi connectivity index (χ3v) is 5.85. The van der Waals surface area contributed by atoms with E-state index < -0.39 is 0 Å². The molecule has 1 heterocycles. The molecule has 2 aromatic carbocycles. The Balaban J connectivity index is 1.83. The molecule has 3 aromatic rings. The highest BCUT2D eigenvalue weighted by Gasteiger charge is 2.17. The summed E-state index contributed by atoms with van der Waals surface area (Å²) >= 11 is 0. The van der Waals surface area contributed by atoms with E-state index in [0.29, 0.717) is 11.5 Å². The van der Waals surface area contributed by atoms with Crippen LogP contribution in [0.3, 0.4) is 0 Å². The van der Waals surface area contributed by atoms with Crippen molar-refractivity contribution in [2.75, 3.05) is 0 Å². The second-order valence-corrected chi connectivity index (χ2v) is 7.46. The van der Waals surface area contributed by atoms with E-state index in [1.807, 2.05) is 33.0 Å². The highest BCUT2D eigenvalue weighted by molar-refractivity contribution is 5.86. The van der Waals surface area contributed by atoms with Gasteiger partial charge in [-0.25, -0.2) is 4.39 Å². The van der Waals surface area contributed by atoms with Crippen LogP contribution in [-0.4, -0.2) is 4.98 Å². The first-order valence-corrected chi connectivity index (χ1v) is 9.21. The van der Waals surface area contributed by atoms with Gasteiger partial charge in [0.15, 0.2) is 0 Å². The number of halogens is 1. The molecule has 1 aliphatic carbocycles. The predicted molar refractivity (Wildman–Crippen MR) is 103 cm³/mol. The van der Waals surface area contributed by atoms with E-state index in [2.05, 4.69) is 29.2 Å². The number of rotatable bonds is 2. The molecule has 0 spiro atoms. The zero-order valence-electron chi connectivity index (χ0n) is 15.2. The summed E-state index contributed by atoms with van der Waals surface area (Å²) < 4.78 is 14.1. The van der Waals surface area contributed by atoms with Crippen LogP contribution in [0.15, 0.2) is 36.5 Å². The molecule has 0 radical (unpaired) electrons. The quantitative estimate of drug-likeness (QED) is 0.513. The van der Waals surface area contributed by atoms with Gasteiger partial charge in [-0.05, 0) is 79.3 Å². The van der Waals surface area contributed by atoms with Crippen molar-refractivity contribution in [2.24, 2.45) is 0 Å². The molecule has 0 saturated heterocycles. The van der Waals surface area contributed by atoms with Gasteiger partial charge in [-0.2, -0.15) is 0 Å². The van der Waals surface area contributed by atoms with Gasteiger partial charge in [0.2, 0.25) is 0 Å². The molecule has 1 fully saturated rings. The summed E-state index contributed by atoms with van der Waals surface area (Å²) in [7, 11) is 0. The zero-order valence-corrected chi connectivity index (χ0v) is 15.2. The van der Waals surface area contributed by atoms with Crippen LogP contribution in [-0.2, 0) is 0 Å². The summed E-state index contributed by atoms with van der Waals surface area (Å²) in [6, 6.07) is 10.9. The third-order valence-electron chi connectivity index (χ3n) is 5.85. The molecule has 128 valence electrons. The number of pyridine rings is 1. The van der Waals surface area contributed by atoms with Gasteiger partial charge in [-0.3, -0.25) is 4.98 Å². The van der Waals surface area contributed by atoms with Gasteiger partial charge in [0.25, 0.3) is 0 Å². The number of benzene rings is 2. The summed E-state index contributed by atoms with van der Waals surface area (Å²) in [4.78, 5) is 4.65. The number of fused-ring (bicyclic) bond motifs is 1.